The Bertz CT molecular complexity index is 616. The molecule has 1 aliphatic rings. The van der Waals surface area contributed by atoms with Gasteiger partial charge in [-0.2, -0.15) is 0 Å². The molecule has 0 radical (unpaired) electrons. The second kappa shape index (κ2) is 6.22. The number of phenols is 1. The highest BCUT2D eigenvalue weighted by Gasteiger charge is 2.52. The van der Waals surface area contributed by atoms with E-state index in [1.54, 1.807) is 13.1 Å². The lowest BCUT2D eigenvalue weighted by Crippen LogP contribution is -2.41. The van der Waals surface area contributed by atoms with Gasteiger partial charge in [0.15, 0.2) is 11.6 Å². The largest absolute Gasteiger partial charge is 0.507 e. The molecule has 0 aromatic heterocycles. The van der Waals surface area contributed by atoms with Crippen molar-refractivity contribution in [1.29, 1.82) is 0 Å². The standard InChI is InChI=1S/C16H22BF2NO3/c1-15(2)16(3,4)23-17(22-15)11(9-20-5)6-10-7-12(18)13(19)8-14(10)21/h6-8,20-21H,9H2,1-5H3. The highest BCUT2D eigenvalue weighted by Crippen LogP contribution is 2.39. The fourth-order valence-corrected chi connectivity index (χ4v) is 2.27. The van der Waals surface area contributed by atoms with Gasteiger partial charge in [-0.05, 0) is 46.3 Å². The second-order valence-corrected chi connectivity index (χ2v) is 6.66. The summed E-state index contributed by atoms with van der Waals surface area (Å²) in [7, 11) is 1.12. The van der Waals surface area contributed by atoms with E-state index in [0.29, 0.717) is 12.0 Å². The van der Waals surface area contributed by atoms with Gasteiger partial charge in [0.25, 0.3) is 0 Å². The first kappa shape index (κ1) is 17.9. The van der Waals surface area contributed by atoms with E-state index in [0.717, 1.165) is 12.1 Å². The van der Waals surface area contributed by atoms with Gasteiger partial charge in [0.1, 0.15) is 5.75 Å². The Morgan fingerprint density at radius 2 is 1.70 bits per heavy atom. The molecule has 1 aromatic carbocycles. The van der Waals surface area contributed by atoms with Crippen molar-refractivity contribution in [3.05, 3.63) is 34.8 Å². The van der Waals surface area contributed by atoms with Crippen molar-refractivity contribution in [3.8, 4) is 5.75 Å². The minimum atomic E-state index is -1.09. The summed E-state index contributed by atoms with van der Waals surface area (Å²) >= 11 is 0. The maximum absolute atomic E-state index is 13.4. The molecule has 0 atom stereocenters. The summed E-state index contributed by atoms with van der Waals surface area (Å²) in [6.07, 6.45) is 1.55. The molecule has 1 aliphatic heterocycles. The highest BCUT2D eigenvalue weighted by molar-refractivity contribution is 6.56. The summed E-state index contributed by atoms with van der Waals surface area (Å²) in [5, 5.41) is 12.8. The molecule has 0 amide bonds. The Labute approximate surface area is 135 Å². The van der Waals surface area contributed by atoms with Crippen LogP contribution >= 0.6 is 0 Å². The molecular weight excluding hydrogens is 303 g/mol. The van der Waals surface area contributed by atoms with Crippen LogP contribution < -0.4 is 5.32 Å². The van der Waals surface area contributed by atoms with Crippen molar-refractivity contribution in [2.75, 3.05) is 13.6 Å². The predicted octanol–water partition coefficient (Wildman–Crippen LogP) is 2.90. The Kier molecular flexibility index (Phi) is 4.85. The summed E-state index contributed by atoms with van der Waals surface area (Å²) in [4.78, 5) is 0. The maximum Gasteiger partial charge on any atom is 0.491 e. The lowest BCUT2D eigenvalue weighted by molar-refractivity contribution is 0.00578. The van der Waals surface area contributed by atoms with Gasteiger partial charge in [-0.1, -0.05) is 6.08 Å². The molecule has 1 fully saturated rings. The minimum Gasteiger partial charge on any atom is -0.507 e. The smallest absolute Gasteiger partial charge is 0.491 e. The number of nitrogens with one attached hydrogen (secondary N) is 1. The lowest BCUT2D eigenvalue weighted by Gasteiger charge is -2.32. The molecule has 1 aromatic rings. The van der Waals surface area contributed by atoms with Crippen LogP contribution in [0.1, 0.15) is 33.3 Å². The number of hydrogen-bond acceptors (Lipinski definition) is 4. The molecular formula is C16H22BF2NO3. The van der Waals surface area contributed by atoms with Crippen molar-refractivity contribution in [2.45, 2.75) is 38.9 Å². The molecule has 2 N–H and O–H groups in total. The van der Waals surface area contributed by atoms with E-state index >= 15 is 0 Å². The summed E-state index contributed by atoms with van der Waals surface area (Å²) in [6, 6.07) is 1.70. The fraction of sp³-hybridized carbons (Fsp3) is 0.500. The van der Waals surface area contributed by atoms with E-state index in [2.05, 4.69) is 5.32 Å². The van der Waals surface area contributed by atoms with E-state index in [-0.39, 0.29) is 11.3 Å². The summed E-state index contributed by atoms with van der Waals surface area (Å²) < 4.78 is 38.5. The SMILES string of the molecule is CNCC(=Cc1cc(F)c(F)cc1O)B1OC(C)(C)C(C)(C)O1. The molecule has 1 heterocycles. The third-order valence-electron chi connectivity index (χ3n) is 4.35. The van der Waals surface area contributed by atoms with Gasteiger partial charge in [-0.25, -0.2) is 8.78 Å². The van der Waals surface area contributed by atoms with Crippen LogP contribution in [0.2, 0.25) is 0 Å². The van der Waals surface area contributed by atoms with Crippen LogP contribution in [0.5, 0.6) is 5.75 Å². The van der Waals surface area contributed by atoms with Gasteiger partial charge in [0, 0.05) is 18.2 Å². The maximum atomic E-state index is 13.4. The molecule has 4 nitrogen and oxygen atoms in total. The van der Waals surface area contributed by atoms with Crippen molar-refractivity contribution >= 4 is 13.2 Å². The van der Waals surface area contributed by atoms with Crippen LogP contribution in [-0.4, -0.2) is 37.0 Å². The molecule has 1 saturated heterocycles. The molecule has 2 rings (SSSR count). The topological polar surface area (TPSA) is 50.7 Å². The van der Waals surface area contributed by atoms with Crippen LogP contribution in [0.15, 0.2) is 17.6 Å². The number of rotatable bonds is 4. The average molecular weight is 325 g/mol. The van der Waals surface area contributed by atoms with Gasteiger partial charge < -0.3 is 19.7 Å². The van der Waals surface area contributed by atoms with Crippen molar-refractivity contribution in [3.63, 3.8) is 0 Å². The number of hydrogen-bond donors (Lipinski definition) is 2. The molecule has 0 spiro atoms. The minimum absolute atomic E-state index is 0.170. The first-order valence-electron chi connectivity index (χ1n) is 7.46. The van der Waals surface area contributed by atoms with Gasteiger partial charge >= 0.3 is 7.12 Å². The Hall–Kier alpha value is -1.44. The molecule has 0 saturated carbocycles. The first-order valence-corrected chi connectivity index (χ1v) is 7.46. The predicted molar refractivity (Wildman–Crippen MR) is 86.0 cm³/mol. The Balaban J connectivity index is 2.38. The van der Waals surface area contributed by atoms with E-state index in [4.69, 9.17) is 9.31 Å². The summed E-state index contributed by atoms with van der Waals surface area (Å²) in [5.74, 6) is -2.45. The Morgan fingerprint density at radius 1 is 1.17 bits per heavy atom. The van der Waals surface area contributed by atoms with Gasteiger partial charge in [0.2, 0.25) is 0 Å². The molecule has 126 valence electrons. The Morgan fingerprint density at radius 3 is 2.22 bits per heavy atom. The fourth-order valence-electron chi connectivity index (χ4n) is 2.27. The highest BCUT2D eigenvalue weighted by atomic mass is 19.2. The number of halogens is 2. The van der Waals surface area contributed by atoms with E-state index in [9.17, 15) is 13.9 Å². The molecule has 7 heteroatoms. The first-order chi connectivity index (χ1) is 10.6. The number of phenolic OH excluding ortho intramolecular Hbond substituents is 1. The van der Waals surface area contributed by atoms with E-state index < -0.39 is 30.0 Å². The third kappa shape index (κ3) is 3.57. The molecule has 0 unspecified atom stereocenters. The monoisotopic (exact) mass is 325 g/mol. The lowest BCUT2D eigenvalue weighted by atomic mass is 9.77. The van der Waals surface area contributed by atoms with Crippen LogP contribution in [0.3, 0.4) is 0 Å². The van der Waals surface area contributed by atoms with Gasteiger partial charge in [-0.15, -0.1) is 0 Å². The number of benzene rings is 1. The quantitative estimate of drug-likeness (QED) is 0.836. The zero-order chi connectivity index (χ0) is 17.4. The molecule has 23 heavy (non-hydrogen) atoms. The molecule has 0 aliphatic carbocycles. The number of likely N-dealkylation sites (N-methyl/N-ethyl adjacent to an activating group) is 1. The van der Waals surface area contributed by atoms with Crippen LogP contribution in [-0.2, 0) is 9.31 Å². The zero-order valence-corrected chi connectivity index (χ0v) is 14.0. The van der Waals surface area contributed by atoms with Gasteiger partial charge in [-0.3, -0.25) is 0 Å². The normalized spacial score (nSPS) is 20.1. The molecule has 0 bridgehead atoms. The van der Waals surface area contributed by atoms with E-state index in [1.807, 2.05) is 27.7 Å². The van der Waals surface area contributed by atoms with Crippen LogP contribution in [0, 0.1) is 11.6 Å². The zero-order valence-electron chi connectivity index (χ0n) is 14.0. The van der Waals surface area contributed by atoms with Crippen LogP contribution in [0.25, 0.3) is 6.08 Å². The van der Waals surface area contributed by atoms with Gasteiger partial charge in [0.05, 0.1) is 11.2 Å². The number of aromatic hydroxyl groups is 1. The van der Waals surface area contributed by atoms with Crippen molar-refractivity contribution in [1.82, 2.24) is 5.32 Å². The summed E-state index contributed by atoms with van der Waals surface area (Å²) in [6.45, 7) is 8.13. The van der Waals surface area contributed by atoms with E-state index in [1.165, 1.54) is 0 Å². The third-order valence-corrected chi connectivity index (χ3v) is 4.35. The second-order valence-electron chi connectivity index (χ2n) is 6.66. The van der Waals surface area contributed by atoms with Crippen molar-refractivity contribution < 1.29 is 23.2 Å². The summed E-state index contributed by atoms with van der Waals surface area (Å²) in [5.41, 5.74) is -0.183. The van der Waals surface area contributed by atoms with Crippen molar-refractivity contribution in [2.24, 2.45) is 0 Å². The average Bonchev–Trinajstić information content (AvgIpc) is 2.64. The van der Waals surface area contributed by atoms with Crippen LogP contribution in [0.4, 0.5) is 8.78 Å².